The van der Waals surface area contributed by atoms with Crippen molar-refractivity contribution in [1.29, 1.82) is 0 Å². The minimum Gasteiger partial charge on any atom is -0.449 e. The fourth-order valence-electron chi connectivity index (χ4n) is 3.74. The summed E-state index contributed by atoms with van der Waals surface area (Å²) in [5.74, 6) is 0.939. The van der Waals surface area contributed by atoms with Gasteiger partial charge < -0.3 is 9.84 Å². The van der Waals surface area contributed by atoms with Crippen LogP contribution in [0, 0.1) is 11.8 Å². The molecule has 5 nitrogen and oxygen atoms in total. The molecule has 150 valence electrons. The summed E-state index contributed by atoms with van der Waals surface area (Å²) in [6, 6.07) is 11.3. The van der Waals surface area contributed by atoms with E-state index in [2.05, 4.69) is 6.92 Å². The highest BCUT2D eigenvalue weighted by Gasteiger charge is 2.33. The monoisotopic (exact) mass is 401 g/mol. The normalized spacial score (nSPS) is 19.4. The van der Waals surface area contributed by atoms with Crippen LogP contribution in [0.4, 0.5) is 9.80 Å². The Morgan fingerprint density at radius 2 is 1.79 bits per heavy atom. The molecule has 1 heterocycles. The van der Waals surface area contributed by atoms with Gasteiger partial charge in [0, 0.05) is 22.9 Å². The molecule has 1 amide bonds. The molecule has 0 atom stereocenters. The second-order valence-electron chi connectivity index (χ2n) is 7.77. The number of anilines is 1. The summed E-state index contributed by atoms with van der Waals surface area (Å²) in [6.45, 7) is 6.14. The van der Waals surface area contributed by atoms with Gasteiger partial charge in [-0.1, -0.05) is 37.3 Å². The van der Waals surface area contributed by atoms with E-state index in [1.54, 1.807) is 11.0 Å². The van der Waals surface area contributed by atoms with Gasteiger partial charge in [-0.15, -0.1) is 11.3 Å². The summed E-state index contributed by atoms with van der Waals surface area (Å²) in [7, 11) is 0. The predicted molar refractivity (Wildman–Crippen MR) is 112 cm³/mol. The van der Waals surface area contributed by atoms with Crippen molar-refractivity contribution in [2.24, 2.45) is 11.8 Å². The van der Waals surface area contributed by atoms with Crippen LogP contribution in [0.2, 0.25) is 0 Å². The van der Waals surface area contributed by atoms with E-state index in [1.165, 1.54) is 11.3 Å². The molecule has 0 aliphatic heterocycles. The largest absolute Gasteiger partial charge is 0.511 e. The van der Waals surface area contributed by atoms with E-state index >= 15 is 0 Å². The quantitative estimate of drug-likeness (QED) is 0.620. The highest BCUT2D eigenvalue weighted by molar-refractivity contribution is 7.20. The number of ether oxygens (including phenoxy) is 1. The van der Waals surface area contributed by atoms with Crippen LogP contribution in [0.25, 0.3) is 10.4 Å². The van der Waals surface area contributed by atoms with Gasteiger partial charge in [0.2, 0.25) is 5.91 Å². The lowest BCUT2D eigenvalue weighted by Gasteiger charge is -2.33. The van der Waals surface area contributed by atoms with Crippen molar-refractivity contribution in [1.82, 2.24) is 0 Å². The number of hydrogen-bond acceptors (Lipinski definition) is 4. The number of carbonyl (C=O) groups is 2. The van der Waals surface area contributed by atoms with Crippen molar-refractivity contribution in [2.75, 3.05) is 4.90 Å². The van der Waals surface area contributed by atoms with E-state index in [0.717, 1.165) is 36.1 Å². The highest BCUT2D eigenvalue weighted by Crippen LogP contribution is 2.45. The summed E-state index contributed by atoms with van der Waals surface area (Å²) < 4.78 is 5.07. The minimum atomic E-state index is -1.37. The predicted octanol–water partition coefficient (Wildman–Crippen LogP) is 6.04. The topological polar surface area (TPSA) is 66.8 Å². The van der Waals surface area contributed by atoms with Crippen molar-refractivity contribution < 1.29 is 19.4 Å². The molecule has 0 saturated heterocycles. The van der Waals surface area contributed by atoms with Crippen molar-refractivity contribution in [3.8, 4) is 16.2 Å². The molecule has 3 rings (SSSR count). The van der Waals surface area contributed by atoms with Gasteiger partial charge in [0.1, 0.15) is 5.00 Å². The van der Waals surface area contributed by atoms with Crippen LogP contribution in [0.1, 0.15) is 46.5 Å². The van der Waals surface area contributed by atoms with Crippen LogP contribution >= 0.6 is 11.3 Å². The molecule has 0 unspecified atom stereocenters. The van der Waals surface area contributed by atoms with Gasteiger partial charge in [-0.05, 0) is 51.0 Å². The van der Waals surface area contributed by atoms with Crippen LogP contribution in [-0.4, -0.2) is 23.2 Å². The third-order valence-corrected chi connectivity index (χ3v) is 6.44. The Morgan fingerprint density at radius 1 is 1.14 bits per heavy atom. The van der Waals surface area contributed by atoms with Crippen molar-refractivity contribution in [2.45, 2.75) is 52.5 Å². The third-order valence-electron chi connectivity index (χ3n) is 5.27. The van der Waals surface area contributed by atoms with Crippen molar-refractivity contribution in [3.05, 3.63) is 36.4 Å². The van der Waals surface area contributed by atoms with Crippen LogP contribution in [0.5, 0.6) is 5.75 Å². The Bertz CT molecular complexity index is 822. The molecular formula is C22H27NO4S. The van der Waals surface area contributed by atoms with Crippen LogP contribution in [-0.2, 0) is 4.79 Å². The smallest absolute Gasteiger partial charge is 0.449 e. The maximum atomic E-state index is 13.4. The van der Waals surface area contributed by atoms with E-state index in [-0.39, 0.29) is 23.6 Å². The molecular weight excluding hydrogens is 374 g/mol. The number of carboxylic acid groups (broad SMARTS) is 1. The number of amides is 1. The van der Waals surface area contributed by atoms with Gasteiger partial charge >= 0.3 is 6.16 Å². The van der Waals surface area contributed by atoms with Crippen molar-refractivity contribution in [3.63, 3.8) is 0 Å². The first-order chi connectivity index (χ1) is 13.4. The Kier molecular flexibility index (Phi) is 6.39. The average molecular weight is 402 g/mol. The molecule has 1 aromatic heterocycles. The maximum absolute atomic E-state index is 13.4. The van der Waals surface area contributed by atoms with Gasteiger partial charge in [-0.2, -0.15) is 0 Å². The molecule has 1 aromatic carbocycles. The van der Waals surface area contributed by atoms with E-state index < -0.39 is 6.16 Å². The third kappa shape index (κ3) is 4.55. The fourth-order valence-corrected chi connectivity index (χ4v) is 4.97. The lowest BCUT2D eigenvalue weighted by molar-refractivity contribution is -0.123. The van der Waals surface area contributed by atoms with Gasteiger partial charge in [0.25, 0.3) is 0 Å². The van der Waals surface area contributed by atoms with E-state index in [4.69, 9.17) is 4.74 Å². The first-order valence-corrected chi connectivity index (χ1v) is 10.6. The molecule has 1 fully saturated rings. The molecule has 6 heteroatoms. The average Bonchev–Trinajstić information content (AvgIpc) is 3.05. The molecule has 1 N–H and O–H groups in total. The van der Waals surface area contributed by atoms with Crippen LogP contribution < -0.4 is 9.64 Å². The maximum Gasteiger partial charge on any atom is 0.511 e. The zero-order valence-electron chi connectivity index (χ0n) is 16.6. The number of nitrogens with zero attached hydrogens (tertiary/aromatic N) is 1. The van der Waals surface area contributed by atoms with Gasteiger partial charge in [-0.25, -0.2) is 4.79 Å². The van der Waals surface area contributed by atoms with Gasteiger partial charge in [0.05, 0.1) is 0 Å². The summed E-state index contributed by atoms with van der Waals surface area (Å²) in [6.07, 6.45) is 2.51. The lowest BCUT2D eigenvalue weighted by atomic mass is 9.82. The summed E-state index contributed by atoms with van der Waals surface area (Å²) in [5.41, 5.74) is 0.969. The van der Waals surface area contributed by atoms with E-state index in [1.807, 2.05) is 44.2 Å². The molecule has 28 heavy (non-hydrogen) atoms. The zero-order valence-corrected chi connectivity index (χ0v) is 17.4. The SMILES string of the molecule is CC(C)N(c1sc(-c2ccccc2)cc1OC(=O)O)C(=O)[C@H]1CC[C@H](C)CC1. The summed E-state index contributed by atoms with van der Waals surface area (Å²) in [4.78, 5) is 27.2. The number of hydrogen-bond donors (Lipinski definition) is 1. The molecule has 0 spiro atoms. The minimum absolute atomic E-state index is 0.0152. The molecule has 0 bridgehead atoms. The molecule has 1 aliphatic carbocycles. The molecule has 2 aromatic rings. The molecule has 0 radical (unpaired) electrons. The lowest BCUT2D eigenvalue weighted by Crippen LogP contribution is -2.42. The zero-order chi connectivity index (χ0) is 20.3. The highest BCUT2D eigenvalue weighted by atomic mass is 32.1. The number of carbonyl (C=O) groups excluding carboxylic acids is 1. The number of benzene rings is 1. The molecule has 1 saturated carbocycles. The fraction of sp³-hybridized carbons (Fsp3) is 0.455. The van der Waals surface area contributed by atoms with E-state index in [9.17, 15) is 14.7 Å². The van der Waals surface area contributed by atoms with Gasteiger partial charge in [-0.3, -0.25) is 9.69 Å². The second kappa shape index (κ2) is 8.78. The summed E-state index contributed by atoms with van der Waals surface area (Å²) >= 11 is 1.40. The Labute approximate surface area is 169 Å². The Balaban J connectivity index is 1.98. The standard InChI is InChI=1S/C22H27NO4S/c1-14(2)23(20(24)17-11-9-15(3)10-12-17)21-18(27-22(25)26)13-19(28-21)16-7-5-4-6-8-16/h4-8,13-15,17H,9-12H2,1-3H3,(H,25,26)/t15-,17-. The second-order valence-corrected chi connectivity index (χ2v) is 8.80. The van der Waals surface area contributed by atoms with Crippen LogP contribution in [0.15, 0.2) is 36.4 Å². The Hall–Kier alpha value is -2.34. The van der Waals surface area contributed by atoms with E-state index in [0.29, 0.717) is 10.9 Å². The first-order valence-electron chi connectivity index (χ1n) is 9.80. The molecule has 1 aliphatic rings. The Morgan fingerprint density at radius 3 is 2.36 bits per heavy atom. The van der Waals surface area contributed by atoms with Crippen molar-refractivity contribution >= 4 is 28.4 Å². The number of thiophene rings is 1. The number of rotatable bonds is 5. The van der Waals surface area contributed by atoms with Crippen LogP contribution in [0.3, 0.4) is 0 Å². The summed E-state index contributed by atoms with van der Waals surface area (Å²) in [5, 5.41) is 9.76. The first kappa shape index (κ1) is 20.4. The van der Waals surface area contributed by atoms with Gasteiger partial charge in [0.15, 0.2) is 5.75 Å².